The third-order valence-electron chi connectivity index (χ3n) is 3.51. The van der Waals surface area contributed by atoms with Gasteiger partial charge in [0, 0.05) is 30.3 Å². The van der Waals surface area contributed by atoms with Crippen LogP contribution in [0.2, 0.25) is 0 Å². The number of hydrogen-bond acceptors (Lipinski definition) is 3. The topological polar surface area (TPSA) is 43.0 Å². The van der Waals surface area contributed by atoms with Gasteiger partial charge in [0.25, 0.3) is 0 Å². The molecule has 2 heterocycles. The summed E-state index contributed by atoms with van der Waals surface area (Å²) < 4.78 is 7.48. The summed E-state index contributed by atoms with van der Waals surface area (Å²) in [5.74, 6) is 2.07. The van der Waals surface area contributed by atoms with Crippen molar-refractivity contribution < 1.29 is 4.42 Å². The normalized spacial score (nSPS) is 18.9. The Hall–Kier alpha value is -1.71. The SMILES string of the molecule is CC(C)n1ccc(NC2CCCc3occc32)n1. The van der Waals surface area contributed by atoms with Crippen molar-refractivity contribution in [3.63, 3.8) is 0 Å². The molecule has 0 aliphatic heterocycles. The van der Waals surface area contributed by atoms with E-state index in [9.17, 15) is 0 Å². The average Bonchev–Trinajstić information content (AvgIpc) is 2.97. The molecule has 0 aromatic carbocycles. The Kier molecular flexibility index (Phi) is 2.86. The second-order valence-corrected chi connectivity index (χ2v) is 5.16. The molecule has 1 unspecified atom stereocenters. The molecule has 0 saturated carbocycles. The van der Waals surface area contributed by atoms with Crippen molar-refractivity contribution >= 4 is 5.82 Å². The first-order valence-electron chi connectivity index (χ1n) is 6.62. The number of aryl methyl sites for hydroxylation is 1. The molecule has 0 bridgehead atoms. The van der Waals surface area contributed by atoms with Gasteiger partial charge in [0.15, 0.2) is 0 Å². The van der Waals surface area contributed by atoms with Gasteiger partial charge in [-0.1, -0.05) is 0 Å². The van der Waals surface area contributed by atoms with Crippen molar-refractivity contribution in [3.8, 4) is 0 Å². The summed E-state index contributed by atoms with van der Waals surface area (Å²) in [6, 6.07) is 4.85. The average molecular weight is 245 g/mol. The third-order valence-corrected chi connectivity index (χ3v) is 3.51. The van der Waals surface area contributed by atoms with Crippen LogP contribution in [0.5, 0.6) is 0 Å². The fraction of sp³-hybridized carbons (Fsp3) is 0.500. The summed E-state index contributed by atoms with van der Waals surface area (Å²) in [6.45, 7) is 4.26. The van der Waals surface area contributed by atoms with Crippen molar-refractivity contribution in [2.45, 2.75) is 45.2 Å². The maximum Gasteiger partial charge on any atom is 0.148 e. The van der Waals surface area contributed by atoms with E-state index in [0.29, 0.717) is 12.1 Å². The van der Waals surface area contributed by atoms with Gasteiger partial charge in [-0.15, -0.1) is 0 Å². The van der Waals surface area contributed by atoms with Gasteiger partial charge in [-0.25, -0.2) is 0 Å². The molecule has 96 valence electrons. The molecule has 0 fully saturated rings. The van der Waals surface area contributed by atoms with E-state index in [1.165, 1.54) is 12.0 Å². The highest BCUT2D eigenvalue weighted by molar-refractivity contribution is 5.39. The van der Waals surface area contributed by atoms with Crippen LogP contribution < -0.4 is 5.32 Å². The predicted octanol–water partition coefficient (Wildman–Crippen LogP) is 3.55. The number of rotatable bonds is 3. The zero-order valence-electron chi connectivity index (χ0n) is 10.9. The third kappa shape index (κ3) is 2.03. The van der Waals surface area contributed by atoms with E-state index in [0.717, 1.165) is 24.4 Å². The Balaban J connectivity index is 1.77. The van der Waals surface area contributed by atoms with Gasteiger partial charge in [-0.2, -0.15) is 5.10 Å². The van der Waals surface area contributed by atoms with Crippen LogP contribution in [0.3, 0.4) is 0 Å². The quantitative estimate of drug-likeness (QED) is 0.899. The van der Waals surface area contributed by atoms with Gasteiger partial charge in [-0.05, 0) is 32.8 Å². The second kappa shape index (κ2) is 4.52. The van der Waals surface area contributed by atoms with Crippen molar-refractivity contribution in [3.05, 3.63) is 35.9 Å². The van der Waals surface area contributed by atoms with Gasteiger partial charge in [0.05, 0.1) is 12.3 Å². The largest absolute Gasteiger partial charge is 0.469 e. The van der Waals surface area contributed by atoms with Crippen LogP contribution in [0.15, 0.2) is 29.0 Å². The highest BCUT2D eigenvalue weighted by atomic mass is 16.3. The summed E-state index contributed by atoms with van der Waals surface area (Å²) in [6.07, 6.45) is 7.18. The molecule has 1 N–H and O–H groups in total. The summed E-state index contributed by atoms with van der Waals surface area (Å²) in [5, 5.41) is 8.04. The van der Waals surface area contributed by atoms with Gasteiger partial charge in [-0.3, -0.25) is 4.68 Å². The van der Waals surface area contributed by atoms with Crippen LogP contribution in [-0.4, -0.2) is 9.78 Å². The molecule has 0 saturated heterocycles. The predicted molar refractivity (Wildman–Crippen MR) is 70.6 cm³/mol. The number of hydrogen-bond donors (Lipinski definition) is 1. The first-order valence-corrected chi connectivity index (χ1v) is 6.62. The van der Waals surface area contributed by atoms with E-state index in [1.54, 1.807) is 6.26 Å². The Morgan fingerprint density at radius 2 is 2.33 bits per heavy atom. The molecule has 1 atom stereocenters. The molecule has 0 spiro atoms. The number of furan rings is 1. The molecule has 1 aliphatic rings. The number of fused-ring (bicyclic) bond motifs is 1. The summed E-state index contributed by atoms with van der Waals surface area (Å²) in [5.41, 5.74) is 1.29. The molecule has 0 radical (unpaired) electrons. The lowest BCUT2D eigenvalue weighted by molar-refractivity contribution is 0.460. The summed E-state index contributed by atoms with van der Waals surface area (Å²) in [4.78, 5) is 0. The highest BCUT2D eigenvalue weighted by Gasteiger charge is 2.22. The minimum absolute atomic E-state index is 0.336. The van der Waals surface area contributed by atoms with E-state index < -0.39 is 0 Å². The molecule has 4 heteroatoms. The number of nitrogens with one attached hydrogen (secondary N) is 1. The zero-order valence-corrected chi connectivity index (χ0v) is 10.9. The second-order valence-electron chi connectivity index (χ2n) is 5.16. The van der Waals surface area contributed by atoms with Crippen LogP contribution in [0, 0.1) is 0 Å². The van der Waals surface area contributed by atoms with Crippen LogP contribution in [0.25, 0.3) is 0 Å². The molecule has 3 rings (SSSR count). The lowest BCUT2D eigenvalue weighted by Gasteiger charge is -2.22. The van der Waals surface area contributed by atoms with E-state index in [-0.39, 0.29) is 0 Å². The summed E-state index contributed by atoms with van der Waals surface area (Å²) >= 11 is 0. The number of nitrogens with zero attached hydrogens (tertiary/aromatic N) is 2. The van der Waals surface area contributed by atoms with Gasteiger partial charge in [0.2, 0.25) is 0 Å². The molecule has 2 aromatic rings. The molecule has 4 nitrogen and oxygen atoms in total. The zero-order chi connectivity index (χ0) is 12.5. The maximum absolute atomic E-state index is 5.50. The fourth-order valence-corrected chi connectivity index (χ4v) is 2.52. The summed E-state index contributed by atoms with van der Waals surface area (Å²) in [7, 11) is 0. The van der Waals surface area contributed by atoms with Crippen LogP contribution in [0.1, 0.15) is 50.1 Å². The fourth-order valence-electron chi connectivity index (χ4n) is 2.52. The monoisotopic (exact) mass is 245 g/mol. The molecule has 1 aliphatic carbocycles. The van der Waals surface area contributed by atoms with Crippen molar-refractivity contribution in [2.24, 2.45) is 0 Å². The first-order chi connectivity index (χ1) is 8.74. The molecular formula is C14H19N3O. The molecule has 0 amide bonds. The van der Waals surface area contributed by atoms with Crippen molar-refractivity contribution in [1.82, 2.24) is 9.78 Å². The van der Waals surface area contributed by atoms with Crippen molar-refractivity contribution in [1.29, 1.82) is 0 Å². The first kappa shape index (κ1) is 11.4. The van der Waals surface area contributed by atoms with Gasteiger partial charge < -0.3 is 9.73 Å². The van der Waals surface area contributed by atoms with Gasteiger partial charge in [0.1, 0.15) is 11.6 Å². The smallest absolute Gasteiger partial charge is 0.148 e. The van der Waals surface area contributed by atoms with Gasteiger partial charge >= 0.3 is 0 Å². The van der Waals surface area contributed by atoms with Crippen LogP contribution in [-0.2, 0) is 6.42 Å². The van der Waals surface area contributed by atoms with Crippen LogP contribution >= 0.6 is 0 Å². The highest BCUT2D eigenvalue weighted by Crippen LogP contribution is 2.32. The molecule has 2 aromatic heterocycles. The van der Waals surface area contributed by atoms with E-state index >= 15 is 0 Å². The standard InChI is InChI=1S/C14H19N3O/c1-10(2)17-8-6-14(16-17)15-12-4-3-5-13-11(12)7-9-18-13/h6-10,12H,3-5H2,1-2H3,(H,15,16). The lowest BCUT2D eigenvalue weighted by atomic mass is 9.93. The minimum atomic E-state index is 0.336. The minimum Gasteiger partial charge on any atom is -0.469 e. The Morgan fingerprint density at radius 3 is 3.11 bits per heavy atom. The molecular weight excluding hydrogens is 226 g/mol. The van der Waals surface area contributed by atoms with E-state index in [2.05, 4.69) is 30.3 Å². The van der Waals surface area contributed by atoms with E-state index in [4.69, 9.17) is 4.42 Å². The number of anilines is 1. The Labute approximate surface area is 107 Å². The van der Waals surface area contributed by atoms with Crippen molar-refractivity contribution in [2.75, 3.05) is 5.32 Å². The molecule has 18 heavy (non-hydrogen) atoms. The number of aromatic nitrogens is 2. The Morgan fingerprint density at radius 1 is 1.44 bits per heavy atom. The van der Waals surface area contributed by atoms with E-state index in [1.807, 2.05) is 16.9 Å². The Bertz CT molecular complexity index is 527. The van der Waals surface area contributed by atoms with Crippen LogP contribution in [0.4, 0.5) is 5.82 Å². The maximum atomic E-state index is 5.50. The lowest BCUT2D eigenvalue weighted by Crippen LogP contribution is -2.16.